The molecule has 2 aromatic carbocycles. The molecular formula is C22H16F4N2O4. The second-order valence-electron chi connectivity index (χ2n) is 7.09. The lowest BCUT2D eigenvalue weighted by Crippen LogP contribution is -2.25. The first-order chi connectivity index (χ1) is 15.0. The maximum absolute atomic E-state index is 14.8. The molecule has 0 saturated heterocycles. The van der Waals surface area contributed by atoms with Crippen molar-refractivity contribution < 1.29 is 32.3 Å². The Kier molecular flexibility index (Phi) is 6.15. The number of hydrogen-bond acceptors (Lipinski definition) is 4. The van der Waals surface area contributed by atoms with Crippen LogP contribution in [0.15, 0.2) is 47.3 Å². The van der Waals surface area contributed by atoms with Crippen molar-refractivity contribution in [2.75, 3.05) is 5.73 Å². The van der Waals surface area contributed by atoms with Gasteiger partial charge in [0.25, 0.3) is 5.56 Å². The first-order valence-corrected chi connectivity index (χ1v) is 9.23. The number of nitrogen functional groups attached to an aromatic ring is 1. The summed E-state index contributed by atoms with van der Waals surface area (Å²) in [5.74, 6) is -8.11. The minimum atomic E-state index is -1.22. The lowest BCUT2D eigenvalue weighted by Gasteiger charge is -2.17. The molecule has 0 bridgehead atoms. The van der Waals surface area contributed by atoms with Gasteiger partial charge in [-0.15, -0.1) is 0 Å². The summed E-state index contributed by atoms with van der Waals surface area (Å²) in [6.07, 6.45) is -0.381. The summed E-state index contributed by atoms with van der Waals surface area (Å²) in [5.41, 5.74) is 3.07. The zero-order valence-corrected chi connectivity index (χ0v) is 16.5. The van der Waals surface area contributed by atoms with Gasteiger partial charge in [0, 0.05) is 12.1 Å². The van der Waals surface area contributed by atoms with Crippen molar-refractivity contribution in [2.45, 2.75) is 19.3 Å². The van der Waals surface area contributed by atoms with Gasteiger partial charge in [-0.25, -0.2) is 17.6 Å². The molecule has 32 heavy (non-hydrogen) atoms. The second-order valence-corrected chi connectivity index (χ2v) is 7.09. The monoisotopic (exact) mass is 448 g/mol. The van der Waals surface area contributed by atoms with E-state index in [1.54, 1.807) is 0 Å². The molecule has 6 nitrogen and oxygen atoms in total. The number of hydrogen-bond donors (Lipinski definition) is 2. The van der Waals surface area contributed by atoms with Gasteiger partial charge in [-0.3, -0.25) is 19.0 Å². The fraction of sp³-hybridized carbons (Fsp3) is 0.136. The molecule has 0 radical (unpaired) electrons. The summed E-state index contributed by atoms with van der Waals surface area (Å²) in [5, 5.41) is 8.87. The van der Waals surface area contributed by atoms with Crippen molar-refractivity contribution in [3.8, 4) is 5.69 Å². The number of halogens is 4. The number of rotatable bonds is 6. The van der Waals surface area contributed by atoms with E-state index in [1.807, 2.05) is 0 Å². The minimum absolute atomic E-state index is 0.0402. The van der Waals surface area contributed by atoms with E-state index in [0.29, 0.717) is 10.6 Å². The highest BCUT2D eigenvalue weighted by molar-refractivity contribution is 6.11. The summed E-state index contributed by atoms with van der Waals surface area (Å²) in [6.45, 7) is 1.46. The maximum atomic E-state index is 14.8. The van der Waals surface area contributed by atoms with Gasteiger partial charge in [-0.1, -0.05) is 6.92 Å². The van der Waals surface area contributed by atoms with E-state index in [4.69, 9.17) is 10.8 Å². The van der Waals surface area contributed by atoms with E-state index >= 15 is 0 Å². The molecule has 1 unspecified atom stereocenters. The molecule has 3 N–H and O–H groups in total. The first kappa shape index (κ1) is 22.7. The van der Waals surface area contributed by atoms with Gasteiger partial charge in [0.15, 0.2) is 17.4 Å². The molecule has 0 amide bonds. The average Bonchev–Trinajstić information content (AvgIpc) is 2.68. The number of carboxylic acid groups (broad SMARTS) is 1. The first-order valence-electron chi connectivity index (χ1n) is 9.23. The van der Waals surface area contributed by atoms with Crippen LogP contribution in [-0.2, 0) is 4.79 Å². The zero-order chi connectivity index (χ0) is 23.7. The Morgan fingerprint density at radius 3 is 2.12 bits per heavy atom. The molecule has 0 aliphatic rings. The Labute approximate surface area is 178 Å². The van der Waals surface area contributed by atoms with Crippen LogP contribution < -0.4 is 11.3 Å². The minimum Gasteiger partial charge on any atom is -0.481 e. The highest BCUT2D eigenvalue weighted by atomic mass is 19.1. The van der Waals surface area contributed by atoms with Crippen LogP contribution in [0.4, 0.5) is 23.4 Å². The Morgan fingerprint density at radius 1 is 0.969 bits per heavy atom. The number of aliphatic carboxylic acids is 1. The van der Waals surface area contributed by atoms with E-state index < -0.39 is 69.1 Å². The third-order valence-electron chi connectivity index (χ3n) is 4.86. The predicted octanol–water partition coefficient (Wildman–Crippen LogP) is 3.79. The number of ketones is 1. The fourth-order valence-electron chi connectivity index (χ4n) is 3.26. The van der Waals surface area contributed by atoms with Gasteiger partial charge in [0.05, 0.1) is 17.5 Å². The number of aromatic nitrogens is 1. The largest absolute Gasteiger partial charge is 0.481 e. The quantitative estimate of drug-likeness (QED) is 0.441. The average molecular weight is 448 g/mol. The molecule has 10 heteroatoms. The van der Waals surface area contributed by atoms with Gasteiger partial charge < -0.3 is 10.8 Å². The summed E-state index contributed by atoms with van der Waals surface area (Å²) in [4.78, 5) is 35.9. The van der Waals surface area contributed by atoms with Crippen LogP contribution in [0.5, 0.6) is 0 Å². The number of carbonyl (C=O) groups is 2. The van der Waals surface area contributed by atoms with Crippen molar-refractivity contribution >= 4 is 17.6 Å². The molecule has 0 aliphatic heterocycles. The summed E-state index contributed by atoms with van der Waals surface area (Å²) in [7, 11) is 0. The van der Waals surface area contributed by atoms with Crippen LogP contribution in [0.1, 0.15) is 40.7 Å². The predicted molar refractivity (Wildman–Crippen MR) is 107 cm³/mol. The number of anilines is 1. The topological polar surface area (TPSA) is 102 Å². The van der Waals surface area contributed by atoms with E-state index in [-0.39, 0.29) is 12.0 Å². The van der Waals surface area contributed by atoms with Gasteiger partial charge in [-0.2, -0.15) is 0 Å². The van der Waals surface area contributed by atoms with Gasteiger partial charge in [0.1, 0.15) is 23.1 Å². The fourth-order valence-corrected chi connectivity index (χ4v) is 3.26. The summed E-state index contributed by atoms with van der Waals surface area (Å²) < 4.78 is 57.2. The number of nitrogens with two attached hydrogens (primary N) is 1. The molecule has 0 spiro atoms. The van der Waals surface area contributed by atoms with Crippen molar-refractivity contribution in [2.24, 2.45) is 0 Å². The molecule has 1 atom stereocenters. The number of carboxylic acids is 1. The molecule has 1 aromatic heterocycles. The second kappa shape index (κ2) is 8.66. The van der Waals surface area contributed by atoms with Gasteiger partial charge in [0.2, 0.25) is 0 Å². The molecule has 3 aromatic rings. The normalized spacial score (nSPS) is 11.9. The van der Waals surface area contributed by atoms with Crippen LogP contribution in [0, 0.1) is 23.3 Å². The third-order valence-corrected chi connectivity index (χ3v) is 4.86. The Morgan fingerprint density at radius 2 is 1.56 bits per heavy atom. The molecule has 166 valence electrons. The summed E-state index contributed by atoms with van der Waals surface area (Å²) >= 11 is 0. The van der Waals surface area contributed by atoms with E-state index in [0.717, 1.165) is 36.4 Å². The molecule has 1 heterocycles. The standard InChI is InChI=1S/C22H16F4N2O4/c1-10(6-19(30)31)11-7-16(25)20(17(26)8-11)28-18(29)5-4-14(22(28)27)21(32)13-3-2-12(23)9-15(13)24/h2-5,7-10H,6,27H2,1H3,(H,30,31). The number of pyridine rings is 1. The van der Waals surface area contributed by atoms with Crippen LogP contribution in [-0.4, -0.2) is 21.4 Å². The highest BCUT2D eigenvalue weighted by Gasteiger charge is 2.24. The third kappa shape index (κ3) is 4.25. The number of nitrogens with zero attached hydrogens (tertiary/aromatic N) is 1. The lowest BCUT2D eigenvalue weighted by atomic mass is 9.97. The van der Waals surface area contributed by atoms with Crippen molar-refractivity contribution in [1.82, 2.24) is 4.57 Å². The smallest absolute Gasteiger partial charge is 0.303 e. The Balaban J connectivity index is 2.15. The molecule has 3 rings (SSSR count). The van der Waals surface area contributed by atoms with E-state index in [1.165, 1.54) is 6.92 Å². The van der Waals surface area contributed by atoms with Gasteiger partial charge in [-0.05, 0) is 41.8 Å². The number of benzene rings is 2. The Hall–Kier alpha value is -3.95. The van der Waals surface area contributed by atoms with Crippen molar-refractivity contribution in [3.63, 3.8) is 0 Å². The van der Waals surface area contributed by atoms with Crippen LogP contribution in [0.25, 0.3) is 5.69 Å². The molecule has 0 aliphatic carbocycles. The lowest BCUT2D eigenvalue weighted by molar-refractivity contribution is -0.137. The van der Waals surface area contributed by atoms with Crippen LogP contribution >= 0.6 is 0 Å². The van der Waals surface area contributed by atoms with Crippen molar-refractivity contribution in [3.05, 3.63) is 92.8 Å². The summed E-state index contributed by atoms with van der Waals surface area (Å²) in [6, 6.07) is 5.73. The Bertz CT molecular complexity index is 1280. The molecule has 0 saturated carbocycles. The highest BCUT2D eigenvalue weighted by Crippen LogP contribution is 2.28. The maximum Gasteiger partial charge on any atom is 0.303 e. The molecular weight excluding hydrogens is 432 g/mol. The van der Waals surface area contributed by atoms with Crippen molar-refractivity contribution in [1.29, 1.82) is 0 Å². The number of carbonyl (C=O) groups excluding carboxylic acids is 1. The SMILES string of the molecule is CC(CC(=O)O)c1cc(F)c(-n2c(N)c(C(=O)c3ccc(F)cc3F)ccc2=O)c(F)c1. The zero-order valence-electron chi connectivity index (χ0n) is 16.5. The van der Waals surface area contributed by atoms with E-state index in [2.05, 4.69) is 0 Å². The molecule has 0 fully saturated rings. The van der Waals surface area contributed by atoms with E-state index in [9.17, 15) is 31.9 Å². The van der Waals surface area contributed by atoms with Crippen LogP contribution in [0.2, 0.25) is 0 Å². The van der Waals surface area contributed by atoms with Crippen LogP contribution in [0.3, 0.4) is 0 Å². The van der Waals surface area contributed by atoms with Gasteiger partial charge >= 0.3 is 5.97 Å².